The normalized spacial score (nSPS) is 16.8. The lowest BCUT2D eigenvalue weighted by Crippen LogP contribution is -2.23. The van der Waals surface area contributed by atoms with E-state index in [2.05, 4.69) is 15.9 Å². The highest BCUT2D eigenvalue weighted by Crippen LogP contribution is 2.14. The molecule has 0 aromatic rings. The molecule has 0 spiro atoms. The van der Waals surface area contributed by atoms with E-state index in [0.717, 1.165) is 0 Å². The summed E-state index contributed by atoms with van der Waals surface area (Å²) in [6.45, 7) is 1.66. The zero-order chi connectivity index (χ0) is 7.33. The summed E-state index contributed by atoms with van der Waals surface area (Å²) in [5.41, 5.74) is 0. The van der Waals surface area contributed by atoms with Gasteiger partial charge >= 0.3 is 0 Å². The first kappa shape index (κ1) is 9.07. The van der Waals surface area contributed by atoms with Crippen LogP contribution < -0.4 is 0 Å². The third-order valence-electron chi connectivity index (χ3n) is 0.686. The van der Waals surface area contributed by atoms with Gasteiger partial charge in [-0.1, -0.05) is 0 Å². The van der Waals surface area contributed by atoms with Crippen LogP contribution in [0.1, 0.15) is 6.92 Å². The number of aliphatic hydroxyl groups is 1. The van der Waals surface area contributed by atoms with Crippen molar-refractivity contribution in [2.75, 3.05) is 13.2 Å². The van der Waals surface area contributed by atoms with Crippen LogP contribution in [0.15, 0.2) is 0 Å². The molecular weight excluding hydrogens is 188 g/mol. The number of rotatable bonds is 4. The fraction of sp³-hybridized carbons (Fsp3) is 0.800. The quantitative estimate of drug-likeness (QED) is 0.521. The monoisotopic (exact) mass is 196 g/mol. The lowest BCUT2D eigenvalue weighted by atomic mass is 10.4. The topological polar surface area (TPSA) is 46.5 Å². The second-order valence-electron chi connectivity index (χ2n) is 1.68. The first-order valence-electron chi connectivity index (χ1n) is 2.52. The van der Waals surface area contributed by atoms with Crippen LogP contribution >= 0.6 is 15.9 Å². The van der Waals surface area contributed by atoms with Gasteiger partial charge in [0.2, 0.25) is 0 Å². The first-order chi connectivity index (χ1) is 4.12. The molecule has 1 atom stereocenters. The SMILES string of the molecule is CC(Br)(C=O)OCCO. The average molecular weight is 197 g/mol. The highest BCUT2D eigenvalue weighted by atomic mass is 79.9. The van der Waals surface area contributed by atoms with Crippen LogP contribution in [-0.2, 0) is 9.53 Å². The maximum Gasteiger partial charge on any atom is 0.175 e. The molecule has 0 heterocycles. The van der Waals surface area contributed by atoms with Gasteiger partial charge in [0.1, 0.15) is 0 Å². The summed E-state index contributed by atoms with van der Waals surface area (Å²) in [5.74, 6) is 0. The maximum absolute atomic E-state index is 10.1. The average Bonchev–Trinajstić information content (AvgIpc) is 1.84. The maximum atomic E-state index is 10.1. The zero-order valence-electron chi connectivity index (χ0n) is 5.13. The number of carbonyl (C=O) groups excluding carboxylic acids is 1. The fourth-order valence-corrected chi connectivity index (χ4v) is 0.441. The molecule has 0 bridgehead atoms. The Hall–Kier alpha value is 0.0700. The molecule has 0 aliphatic heterocycles. The van der Waals surface area contributed by atoms with E-state index in [4.69, 9.17) is 9.84 Å². The number of hydrogen-bond acceptors (Lipinski definition) is 3. The fourth-order valence-electron chi connectivity index (χ4n) is 0.279. The lowest BCUT2D eigenvalue weighted by Gasteiger charge is -2.13. The van der Waals surface area contributed by atoms with Crippen LogP contribution in [-0.4, -0.2) is 29.1 Å². The standard InChI is InChI=1S/C5H9BrO3/c1-5(6,4-8)9-3-2-7/h4,7H,2-3H2,1H3. The Labute approximate surface area is 62.1 Å². The van der Waals surface area contributed by atoms with E-state index in [9.17, 15) is 4.79 Å². The van der Waals surface area contributed by atoms with Crippen molar-refractivity contribution in [3.8, 4) is 0 Å². The van der Waals surface area contributed by atoms with Crippen molar-refractivity contribution in [1.82, 2.24) is 0 Å². The predicted molar refractivity (Wildman–Crippen MR) is 36.4 cm³/mol. The van der Waals surface area contributed by atoms with Gasteiger partial charge in [0.25, 0.3) is 0 Å². The minimum atomic E-state index is -0.935. The van der Waals surface area contributed by atoms with Gasteiger partial charge in [-0.05, 0) is 22.9 Å². The number of halogens is 1. The largest absolute Gasteiger partial charge is 0.394 e. The second-order valence-corrected chi connectivity index (χ2v) is 3.25. The highest BCUT2D eigenvalue weighted by molar-refractivity contribution is 9.10. The number of carbonyl (C=O) groups is 1. The summed E-state index contributed by atoms with van der Waals surface area (Å²) in [4.78, 5) is 10.1. The molecule has 0 radical (unpaired) electrons. The molecular formula is C5H9BrO3. The Morgan fingerprint density at radius 3 is 2.78 bits per heavy atom. The van der Waals surface area contributed by atoms with E-state index in [1.807, 2.05) is 0 Å². The van der Waals surface area contributed by atoms with E-state index in [-0.39, 0.29) is 13.2 Å². The van der Waals surface area contributed by atoms with Crippen LogP contribution in [0, 0.1) is 0 Å². The molecule has 0 amide bonds. The van der Waals surface area contributed by atoms with Gasteiger partial charge in [-0.2, -0.15) is 0 Å². The summed E-state index contributed by atoms with van der Waals surface area (Å²) in [5, 5.41) is 8.26. The predicted octanol–water partition coefficient (Wildman–Crippen LogP) is 0.305. The molecule has 0 saturated carbocycles. The van der Waals surface area contributed by atoms with Crippen LogP contribution in [0.2, 0.25) is 0 Å². The van der Waals surface area contributed by atoms with Crippen LogP contribution in [0.25, 0.3) is 0 Å². The van der Waals surface area contributed by atoms with Crippen molar-refractivity contribution < 1.29 is 14.6 Å². The molecule has 0 aromatic carbocycles. The van der Waals surface area contributed by atoms with Gasteiger partial charge in [-0.25, -0.2) is 0 Å². The van der Waals surface area contributed by atoms with Crippen LogP contribution in [0.4, 0.5) is 0 Å². The molecule has 4 heteroatoms. The van der Waals surface area contributed by atoms with Crippen molar-refractivity contribution in [2.24, 2.45) is 0 Å². The Morgan fingerprint density at radius 1 is 1.89 bits per heavy atom. The molecule has 0 fully saturated rings. The Kier molecular flexibility index (Phi) is 4.01. The number of alkyl halides is 1. The highest BCUT2D eigenvalue weighted by Gasteiger charge is 2.17. The lowest BCUT2D eigenvalue weighted by molar-refractivity contribution is -0.119. The van der Waals surface area contributed by atoms with Crippen LogP contribution in [0.3, 0.4) is 0 Å². The van der Waals surface area contributed by atoms with E-state index in [1.165, 1.54) is 0 Å². The summed E-state index contributed by atoms with van der Waals surface area (Å²) in [6, 6.07) is 0. The molecule has 0 saturated heterocycles. The molecule has 0 aliphatic rings. The summed E-state index contributed by atoms with van der Waals surface area (Å²) < 4.78 is 3.89. The van der Waals surface area contributed by atoms with Crippen molar-refractivity contribution in [3.05, 3.63) is 0 Å². The third kappa shape index (κ3) is 4.57. The van der Waals surface area contributed by atoms with E-state index in [1.54, 1.807) is 6.92 Å². The van der Waals surface area contributed by atoms with Crippen molar-refractivity contribution in [1.29, 1.82) is 0 Å². The summed E-state index contributed by atoms with van der Waals surface area (Å²) >= 11 is 2.98. The molecule has 3 nitrogen and oxygen atoms in total. The van der Waals surface area contributed by atoms with Gasteiger partial charge in [-0.3, -0.25) is 4.79 Å². The zero-order valence-corrected chi connectivity index (χ0v) is 6.72. The van der Waals surface area contributed by atoms with Gasteiger partial charge in [0, 0.05) is 0 Å². The number of hydrogen-bond donors (Lipinski definition) is 1. The van der Waals surface area contributed by atoms with Crippen molar-refractivity contribution in [2.45, 2.75) is 11.4 Å². The molecule has 9 heavy (non-hydrogen) atoms. The molecule has 54 valence electrons. The summed E-state index contributed by atoms with van der Waals surface area (Å²) in [7, 11) is 0. The van der Waals surface area contributed by atoms with Gasteiger partial charge in [-0.15, -0.1) is 0 Å². The van der Waals surface area contributed by atoms with Crippen LogP contribution in [0.5, 0.6) is 0 Å². The minimum Gasteiger partial charge on any atom is -0.394 e. The molecule has 0 aromatic heterocycles. The van der Waals surface area contributed by atoms with Crippen molar-refractivity contribution >= 4 is 22.2 Å². The minimum absolute atomic E-state index is 0.0744. The van der Waals surface area contributed by atoms with E-state index in [0.29, 0.717) is 6.29 Å². The number of ether oxygens (including phenoxy) is 1. The second kappa shape index (κ2) is 3.98. The van der Waals surface area contributed by atoms with Crippen molar-refractivity contribution in [3.63, 3.8) is 0 Å². The van der Waals surface area contributed by atoms with Gasteiger partial charge in [0.05, 0.1) is 13.2 Å². The van der Waals surface area contributed by atoms with E-state index >= 15 is 0 Å². The first-order valence-corrected chi connectivity index (χ1v) is 3.32. The Bertz CT molecular complexity index is 92.2. The molecule has 0 aliphatic carbocycles. The Balaban J connectivity index is 3.45. The third-order valence-corrected chi connectivity index (χ3v) is 1.10. The van der Waals surface area contributed by atoms with Gasteiger partial charge < -0.3 is 9.84 Å². The molecule has 1 unspecified atom stereocenters. The Morgan fingerprint density at radius 2 is 2.44 bits per heavy atom. The number of aldehydes is 1. The molecule has 0 rings (SSSR count). The smallest absolute Gasteiger partial charge is 0.175 e. The van der Waals surface area contributed by atoms with E-state index < -0.39 is 4.51 Å². The molecule has 1 N–H and O–H groups in total. The number of aliphatic hydroxyl groups excluding tert-OH is 1. The summed E-state index contributed by atoms with van der Waals surface area (Å²) in [6.07, 6.45) is 0.628. The van der Waals surface area contributed by atoms with Gasteiger partial charge in [0.15, 0.2) is 10.8 Å².